The maximum Gasteiger partial charge on any atom is 0.416 e. The maximum atomic E-state index is 15.1. The van der Waals surface area contributed by atoms with E-state index in [1.807, 2.05) is 0 Å². The molecular formula is C29H32F5N3O5. The van der Waals surface area contributed by atoms with Gasteiger partial charge in [-0.25, -0.2) is 8.78 Å². The van der Waals surface area contributed by atoms with E-state index in [0.29, 0.717) is 4.90 Å². The van der Waals surface area contributed by atoms with Crippen molar-refractivity contribution in [1.82, 2.24) is 15.5 Å². The Morgan fingerprint density at radius 2 is 1.81 bits per heavy atom. The summed E-state index contributed by atoms with van der Waals surface area (Å²) in [5, 5.41) is 26.0. The minimum Gasteiger partial charge on any atom is -0.508 e. The number of aliphatic hydroxyl groups is 1. The number of hydrogen-bond donors (Lipinski definition) is 4. The van der Waals surface area contributed by atoms with Crippen LogP contribution in [0.4, 0.5) is 22.0 Å². The molecule has 3 amide bonds. The van der Waals surface area contributed by atoms with Crippen molar-refractivity contribution in [3.63, 3.8) is 0 Å². The van der Waals surface area contributed by atoms with Crippen LogP contribution in [0.2, 0.25) is 0 Å². The van der Waals surface area contributed by atoms with Crippen LogP contribution in [0.5, 0.6) is 5.75 Å². The number of amides is 3. The van der Waals surface area contributed by atoms with Gasteiger partial charge in [-0.2, -0.15) is 13.2 Å². The number of hydrogen-bond acceptors (Lipinski definition) is 5. The number of rotatable bonds is 9. The summed E-state index contributed by atoms with van der Waals surface area (Å²) in [7, 11) is 0. The number of aliphatic hydroxyl groups excluding tert-OH is 1. The first-order valence-electron chi connectivity index (χ1n) is 12.9. The lowest BCUT2D eigenvalue weighted by atomic mass is 9.81. The van der Waals surface area contributed by atoms with Crippen molar-refractivity contribution in [1.29, 1.82) is 0 Å². The molecule has 0 saturated carbocycles. The predicted octanol–water partition coefficient (Wildman–Crippen LogP) is 3.60. The van der Waals surface area contributed by atoms with E-state index in [9.17, 15) is 37.8 Å². The molecule has 2 aromatic carbocycles. The number of carbonyl (C=O) groups is 3. The smallest absolute Gasteiger partial charge is 0.416 e. The molecule has 0 radical (unpaired) electrons. The van der Waals surface area contributed by atoms with Gasteiger partial charge in [0.1, 0.15) is 11.8 Å². The topological polar surface area (TPSA) is 119 Å². The van der Waals surface area contributed by atoms with Crippen molar-refractivity contribution in [2.24, 2.45) is 5.41 Å². The maximum absolute atomic E-state index is 15.1. The van der Waals surface area contributed by atoms with Crippen LogP contribution < -0.4 is 10.6 Å². The van der Waals surface area contributed by atoms with Crippen LogP contribution in [0, 0.1) is 12.3 Å². The molecule has 1 aliphatic rings. The highest BCUT2D eigenvalue weighted by Crippen LogP contribution is 2.48. The summed E-state index contributed by atoms with van der Waals surface area (Å²) >= 11 is 0. The zero-order valence-electron chi connectivity index (χ0n) is 23.1. The Balaban J connectivity index is 2.01. The molecule has 3 atom stereocenters. The van der Waals surface area contributed by atoms with Crippen LogP contribution in [0.25, 0.3) is 0 Å². The van der Waals surface area contributed by atoms with E-state index in [1.165, 1.54) is 37.3 Å². The summed E-state index contributed by atoms with van der Waals surface area (Å²) in [6.45, 7) is 5.75. The molecule has 0 aromatic heterocycles. The number of carbonyl (C=O) groups excluding carboxylic acids is 3. The molecule has 0 unspecified atom stereocenters. The van der Waals surface area contributed by atoms with Crippen molar-refractivity contribution in [3.05, 3.63) is 77.4 Å². The molecule has 13 heteroatoms. The van der Waals surface area contributed by atoms with Crippen LogP contribution in [0.1, 0.15) is 40.9 Å². The highest BCUT2D eigenvalue weighted by Gasteiger charge is 2.64. The first kappa shape index (κ1) is 32.5. The number of aromatic hydroxyl groups is 1. The van der Waals surface area contributed by atoms with Crippen LogP contribution in [-0.2, 0) is 22.2 Å². The molecule has 4 N–H and O–H groups in total. The summed E-state index contributed by atoms with van der Waals surface area (Å²) in [5.74, 6) is -6.93. The number of nitrogens with zero attached hydrogens (tertiary/aromatic N) is 1. The molecule has 228 valence electrons. The van der Waals surface area contributed by atoms with Crippen molar-refractivity contribution in [2.75, 3.05) is 13.1 Å². The monoisotopic (exact) mass is 597 g/mol. The molecule has 2 aromatic rings. The second-order valence-corrected chi connectivity index (χ2v) is 10.7. The minimum absolute atomic E-state index is 0.0260. The fraction of sp³-hybridized carbons (Fsp3) is 0.414. The van der Waals surface area contributed by atoms with Crippen LogP contribution >= 0.6 is 0 Å². The van der Waals surface area contributed by atoms with Gasteiger partial charge in [0.15, 0.2) is 6.10 Å². The van der Waals surface area contributed by atoms with Crippen molar-refractivity contribution in [2.45, 2.75) is 57.5 Å². The fourth-order valence-corrected chi connectivity index (χ4v) is 4.87. The summed E-state index contributed by atoms with van der Waals surface area (Å²) < 4.78 is 70.2. The normalized spacial score (nSPS) is 19.1. The molecule has 3 rings (SSSR count). The number of benzene rings is 2. The molecular weight excluding hydrogens is 565 g/mol. The number of phenolic OH excluding ortho intramolecular Hbond substituents is 1. The van der Waals surface area contributed by atoms with Gasteiger partial charge in [0.05, 0.1) is 23.6 Å². The predicted molar refractivity (Wildman–Crippen MR) is 143 cm³/mol. The average Bonchev–Trinajstić information content (AvgIpc) is 3.10. The second kappa shape index (κ2) is 12.1. The Labute approximate surface area is 239 Å². The summed E-state index contributed by atoms with van der Waals surface area (Å²) in [6.07, 6.45) is -6.16. The van der Waals surface area contributed by atoms with Crippen molar-refractivity contribution < 1.29 is 46.5 Å². The zero-order chi connectivity index (χ0) is 31.6. The van der Waals surface area contributed by atoms with Gasteiger partial charge in [-0.3, -0.25) is 14.4 Å². The Morgan fingerprint density at radius 1 is 1.17 bits per heavy atom. The third-order valence-corrected chi connectivity index (χ3v) is 7.47. The second-order valence-electron chi connectivity index (χ2n) is 10.7. The number of likely N-dealkylation sites (tertiary alicyclic amines) is 1. The molecule has 42 heavy (non-hydrogen) atoms. The Hall–Kier alpha value is -4.00. The van der Waals surface area contributed by atoms with Gasteiger partial charge in [0.2, 0.25) is 5.91 Å². The van der Waals surface area contributed by atoms with Crippen molar-refractivity contribution >= 4 is 17.7 Å². The number of halogens is 5. The Kier molecular flexibility index (Phi) is 9.35. The lowest BCUT2D eigenvalue weighted by Crippen LogP contribution is -2.57. The molecule has 1 aliphatic heterocycles. The van der Waals surface area contributed by atoms with Gasteiger partial charge in [0, 0.05) is 17.7 Å². The van der Waals surface area contributed by atoms with Gasteiger partial charge in [-0.1, -0.05) is 44.2 Å². The van der Waals surface area contributed by atoms with Crippen LogP contribution in [0.15, 0.2) is 55.1 Å². The summed E-state index contributed by atoms with van der Waals surface area (Å²) in [5.41, 5.74) is -3.02. The molecule has 1 fully saturated rings. The summed E-state index contributed by atoms with van der Waals surface area (Å²) in [6, 6.07) is 4.64. The highest BCUT2D eigenvalue weighted by molar-refractivity contribution is 5.97. The van der Waals surface area contributed by atoms with Crippen molar-refractivity contribution in [3.8, 4) is 5.75 Å². The van der Waals surface area contributed by atoms with E-state index in [1.54, 1.807) is 0 Å². The van der Waals surface area contributed by atoms with Gasteiger partial charge >= 0.3 is 6.18 Å². The largest absolute Gasteiger partial charge is 0.508 e. The molecule has 0 bridgehead atoms. The number of phenols is 1. The molecule has 8 nitrogen and oxygen atoms in total. The Bertz CT molecular complexity index is 1360. The quantitative estimate of drug-likeness (QED) is 0.260. The van der Waals surface area contributed by atoms with Crippen LogP contribution in [0.3, 0.4) is 0 Å². The minimum atomic E-state index is -4.71. The van der Waals surface area contributed by atoms with Gasteiger partial charge in [0.25, 0.3) is 17.7 Å². The molecule has 0 spiro atoms. The highest BCUT2D eigenvalue weighted by atomic mass is 19.4. The van der Waals surface area contributed by atoms with E-state index in [4.69, 9.17) is 0 Å². The van der Waals surface area contributed by atoms with E-state index in [0.717, 1.165) is 32.0 Å². The van der Waals surface area contributed by atoms with Gasteiger partial charge in [-0.15, -0.1) is 6.58 Å². The molecule has 0 aliphatic carbocycles. The number of alkyl halides is 5. The van der Waals surface area contributed by atoms with Crippen LogP contribution in [-0.4, -0.2) is 70.0 Å². The van der Waals surface area contributed by atoms with E-state index in [2.05, 4.69) is 17.2 Å². The zero-order valence-corrected chi connectivity index (χ0v) is 23.1. The SMILES string of the molecule is C=CCNC(=O)[C@@H]1N(C(=O)[C@@H](O)[C@H](Cc2cccc(C(F)(F)F)c2)NC(=O)c2cccc(O)c2C)CC(F)(F)C1(C)C. The van der Waals surface area contributed by atoms with E-state index >= 15 is 8.78 Å². The standard InChI is InChI=1S/C29H32F5N3O5/c1-5-12-35-25(41)23-27(3,4)28(30,31)15-37(23)26(42)22(39)20(14-17-8-6-9-18(13-17)29(32,33)34)36-24(40)19-10-7-11-21(38)16(19)2/h5-11,13,20,22-23,38-39H,1,12,14-15H2,2-4H3,(H,35,41)(H,36,40)/t20-,22-,23-/m0/s1. The lowest BCUT2D eigenvalue weighted by molar-refractivity contribution is -0.148. The molecule has 1 heterocycles. The third-order valence-electron chi connectivity index (χ3n) is 7.47. The number of nitrogens with one attached hydrogen (secondary N) is 2. The van der Waals surface area contributed by atoms with Gasteiger partial charge in [-0.05, 0) is 37.1 Å². The average molecular weight is 598 g/mol. The third kappa shape index (κ3) is 6.56. The summed E-state index contributed by atoms with van der Waals surface area (Å²) in [4.78, 5) is 40.2. The van der Waals surface area contributed by atoms with E-state index in [-0.39, 0.29) is 29.0 Å². The molecule has 1 saturated heterocycles. The van der Waals surface area contributed by atoms with E-state index < -0.39 is 72.0 Å². The van der Waals surface area contributed by atoms with Gasteiger partial charge < -0.3 is 25.7 Å². The first-order valence-corrected chi connectivity index (χ1v) is 12.9. The first-order chi connectivity index (χ1) is 19.4. The Morgan fingerprint density at radius 3 is 2.43 bits per heavy atom. The fourth-order valence-electron chi connectivity index (χ4n) is 4.87. The lowest BCUT2D eigenvalue weighted by Gasteiger charge is -2.34.